The highest BCUT2D eigenvalue weighted by molar-refractivity contribution is 5.94. The van der Waals surface area contributed by atoms with Crippen LogP contribution in [0, 0.1) is 0 Å². The van der Waals surface area contributed by atoms with Gasteiger partial charge < -0.3 is 9.80 Å². The van der Waals surface area contributed by atoms with Gasteiger partial charge in [0.05, 0.1) is 0 Å². The Hall–Kier alpha value is -2.73. The summed E-state index contributed by atoms with van der Waals surface area (Å²) in [5.74, 6) is 0.227. The number of fused-ring (bicyclic) bond motifs is 1. The SMILES string of the molecule is CC(=O)N1CCCCCCCCN(C2CCN(C(=O)c3ccncc3)CC2)Cc2ccccc21. The number of aromatic nitrogens is 1. The van der Waals surface area contributed by atoms with Crippen molar-refractivity contribution in [1.82, 2.24) is 14.8 Å². The lowest BCUT2D eigenvalue weighted by Gasteiger charge is -2.39. The first-order valence-electron chi connectivity index (χ1n) is 12.9. The van der Waals surface area contributed by atoms with E-state index in [4.69, 9.17) is 0 Å². The summed E-state index contributed by atoms with van der Waals surface area (Å²) in [5, 5.41) is 0. The number of carbonyl (C=O) groups is 2. The molecule has 1 aromatic heterocycles. The molecule has 0 spiro atoms. The van der Waals surface area contributed by atoms with Crippen LogP contribution >= 0.6 is 0 Å². The first-order valence-corrected chi connectivity index (χ1v) is 12.9. The molecule has 0 saturated carbocycles. The second-order valence-electron chi connectivity index (χ2n) is 9.65. The van der Waals surface area contributed by atoms with Crippen molar-refractivity contribution in [3.8, 4) is 0 Å². The number of carbonyl (C=O) groups excluding carboxylic acids is 2. The lowest BCUT2D eigenvalue weighted by Crippen LogP contribution is -2.47. The molecule has 6 nitrogen and oxygen atoms in total. The fourth-order valence-electron chi connectivity index (χ4n) is 5.37. The Morgan fingerprint density at radius 1 is 0.824 bits per heavy atom. The normalized spacial score (nSPS) is 19.4. The third kappa shape index (κ3) is 6.23. The zero-order valence-electron chi connectivity index (χ0n) is 20.5. The zero-order chi connectivity index (χ0) is 23.8. The Bertz CT molecular complexity index is 940. The Balaban J connectivity index is 1.48. The van der Waals surface area contributed by atoms with Gasteiger partial charge >= 0.3 is 0 Å². The Morgan fingerprint density at radius 2 is 1.47 bits per heavy atom. The maximum absolute atomic E-state index is 12.9. The zero-order valence-corrected chi connectivity index (χ0v) is 20.5. The van der Waals surface area contributed by atoms with Crippen molar-refractivity contribution in [2.24, 2.45) is 0 Å². The number of likely N-dealkylation sites (tertiary alicyclic amines) is 1. The van der Waals surface area contributed by atoms with Gasteiger partial charge in [-0.3, -0.25) is 19.5 Å². The van der Waals surface area contributed by atoms with E-state index in [9.17, 15) is 9.59 Å². The molecule has 182 valence electrons. The van der Waals surface area contributed by atoms with Crippen LogP contribution in [0.2, 0.25) is 0 Å². The van der Waals surface area contributed by atoms with Crippen LogP contribution in [-0.4, -0.2) is 58.8 Å². The molecule has 4 rings (SSSR count). The monoisotopic (exact) mass is 462 g/mol. The van der Waals surface area contributed by atoms with Gasteiger partial charge in [0.2, 0.25) is 5.91 Å². The molecule has 1 aromatic carbocycles. The Morgan fingerprint density at radius 3 is 2.18 bits per heavy atom. The van der Waals surface area contributed by atoms with Crippen LogP contribution in [-0.2, 0) is 11.3 Å². The molecule has 0 aliphatic carbocycles. The molecule has 0 radical (unpaired) electrons. The number of piperidine rings is 1. The number of nitrogens with zero attached hydrogens (tertiary/aromatic N) is 4. The van der Waals surface area contributed by atoms with Gasteiger partial charge in [0.1, 0.15) is 0 Å². The smallest absolute Gasteiger partial charge is 0.253 e. The fourth-order valence-corrected chi connectivity index (χ4v) is 5.37. The number of hydrogen-bond donors (Lipinski definition) is 0. The van der Waals surface area contributed by atoms with E-state index in [1.54, 1.807) is 31.5 Å². The van der Waals surface area contributed by atoms with E-state index < -0.39 is 0 Å². The average molecular weight is 463 g/mol. The van der Waals surface area contributed by atoms with Crippen LogP contribution < -0.4 is 4.90 Å². The van der Waals surface area contributed by atoms with Crippen molar-refractivity contribution in [2.75, 3.05) is 31.1 Å². The maximum Gasteiger partial charge on any atom is 0.253 e. The molecular weight excluding hydrogens is 424 g/mol. The summed E-state index contributed by atoms with van der Waals surface area (Å²) < 4.78 is 0. The molecule has 0 bridgehead atoms. The molecule has 1 saturated heterocycles. The molecule has 2 amide bonds. The van der Waals surface area contributed by atoms with Gasteiger partial charge in [0, 0.05) is 62.8 Å². The molecule has 6 heteroatoms. The number of pyridine rings is 1. The lowest BCUT2D eigenvalue weighted by molar-refractivity contribution is -0.116. The van der Waals surface area contributed by atoms with Gasteiger partial charge in [0.25, 0.3) is 5.91 Å². The molecule has 2 aliphatic rings. The summed E-state index contributed by atoms with van der Waals surface area (Å²) in [4.78, 5) is 36.0. The van der Waals surface area contributed by atoms with Crippen LogP contribution in [0.25, 0.3) is 0 Å². The summed E-state index contributed by atoms with van der Waals surface area (Å²) >= 11 is 0. The average Bonchev–Trinajstić information content (AvgIpc) is 2.89. The van der Waals surface area contributed by atoms with Gasteiger partial charge in [-0.15, -0.1) is 0 Å². The molecular formula is C28H38N4O2. The van der Waals surface area contributed by atoms with Crippen molar-refractivity contribution in [2.45, 2.75) is 70.9 Å². The highest BCUT2D eigenvalue weighted by Gasteiger charge is 2.28. The minimum Gasteiger partial charge on any atom is -0.339 e. The predicted octanol–water partition coefficient (Wildman–Crippen LogP) is 4.90. The maximum atomic E-state index is 12.9. The van der Waals surface area contributed by atoms with Gasteiger partial charge in [-0.2, -0.15) is 0 Å². The molecule has 34 heavy (non-hydrogen) atoms. The quantitative estimate of drug-likeness (QED) is 0.637. The molecule has 1 fully saturated rings. The van der Waals surface area contributed by atoms with E-state index in [1.807, 2.05) is 15.9 Å². The Kier molecular flexibility index (Phi) is 8.69. The minimum atomic E-state index is 0.105. The van der Waals surface area contributed by atoms with Gasteiger partial charge in [-0.25, -0.2) is 0 Å². The van der Waals surface area contributed by atoms with E-state index in [0.29, 0.717) is 11.6 Å². The number of benzene rings is 1. The standard InChI is InChI=1S/C28H38N4O2/c1-23(33)32-19-9-5-3-2-4-8-18-31(22-25-10-6-7-11-27(25)32)26-14-20-30(21-15-26)28(34)24-12-16-29-17-13-24/h6-7,10-13,16-17,26H,2-5,8-9,14-15,18-22H2,1H3. The third-order valence-electron chi connectivity index (χ3n) is 7.31. The number of anilines is 1. The van der Waals surface area contributed by atoms with Crippen molar-refractivity contribution in [1.29, 1.82) is 0 Å². The van der Waals surface area contributed by atoms with E-state index in [-0.39, 0.29) is 11.8 Å². The minimum absolute atomic E-state index is 0.105. The van der Waals surface area contributed by atoms with Crippen LogP contribution in [0.4, 0.5) is 5.69 Å². The second-order valence-corrected chi connectivity index (χ2v) is 9.65. The fraction of sp³-hybridized carbons (Fsp3) is 0.536. The van der Waals surface area contributed by atoms with Gasteiger partial charge in [-0.1, -0.05) is 43.9 Å². The Labute approximate surface area is 204 Å². The lowest BCUT2D eigenvalue weighted by atomic mass is 10.00. The molecule has 0 N–H and O–H groups in total. The number of para-hydroxylation sites is 1. The largest absolute Gasteiger partial charge is 0.339 e. The van der Waals surface area contributed by atoms with Crippen molar-refractivity contribution < 1.29 is 9.59 Å². The number of rotatable bonds is 2. The topological polar surface area (TPSA) is 56.8 Å². The number of hydrogen-bond acceptors (Lipinski definition) is 4. The van der Waals surface area contributed by atoms with E-state index >= 15 is 0 Å². The summed E-state index contributed by atoms with van der Waals surface area (Å²) in [7, 11) is 0. The highest BCUT2D eigenvalue weighted by atomic mass is 16.2. The molecule has 2 aliphatic heterocycles. The molecule has 3 heterocycles. The van der Waals surface area contributed by atoms with E-state index in [1.165, 1.54) is 37.7 Å². The highest BCUT2D eigenvalue weighted by Crippen LogP contribution is 2.27. The van der Waals surface area contributed by atoms with E-state index in [2.05, 4.69) is 28.1 Å². The number of amides is 2. The van der Waals surface area contributed by atoms with Crippen molar-refractivity contribution in [3.05, 3.63) is 59.9 Å². The van der Waals surface area contributed by atoms with Crippen LogP contribution in [0.1, 0.15) is 74.2 Å². The van der Waals surface area contributed by atoms with E-state index in [0.717, 1.165) is 57.7 Å². The summed E-state index contributed by atoms with van der Waals surface area (Å²) in [5.41, 5.74) is 3.01. The van der Waals surface area contributed by atoms with Crippen molar-refractivity contribution in [3.63, 3.8) is 0 Å². The summed E-state index contributed by atoms with van der Waals surface area (Å²) in [6.07, 6.45) is 12.5. The third-order valence-corrected chi connectivity index (χ3v) is 7.31. The first kappa shape index (κ1) is 24.4. The second kappa shape index (κ2) is 12.1. The molecule has 2 aromatic rings. The van der Waals surface area contributed by atoms with Crippen LogP contribution in [0.5, 0.6) is 0 Å². The molecule has 0 atom stereocenters. The van der Waals surface area contributed by atoms with Gasteiger partial charge in [0.15, 0.2) is 0 Å². The summed E-state index contributed by atoms with van der Waals surface area (Å²) in [6, 6.07) is 12.5. The van der Waals surface area contributed by atoms with Gasteiger partial charge in [-0.05, 0) is 56.0 Å². The predicted molar refractivity (Wildman–Crippen MR) is 136 cm³/mol. The summed E-state index contributed by atoms with van der Waals surface area (Å²) in [6.45, 7) is 5.96. The van der Waals surface area contributed by atoms with Crippen molar-refractivity contribution >= 4 is 17.5 Å². The first-order chi connectivity index (χ1) is 16.6. The van der Waals surface area contributed by atoms with Crippen LogP contribution in [0.15, 0.2) is 48.8 Å². The molecule has 0 unspecified atom stereocenters. The van der Waals surface area contributed by atoms with Crippen LogP contribution in [0.3, 0.4) is 0 Å².